The molecule has 0 spiro atoms. The van der Waals surface area contributed by atoms with Gasteiger partial charge < -0.3 is 14.7 Å². The highest BCUT2D eigenvalue weighted by Crippen LogP contribution is 2.29. The number of hydrogen-bond donors (Lipinski definition) is 1. The Balaban J connectivity index is 1.62. The van der Waals surface area contributed by atoms with Crippen LogP contribution in [-0.4, -0.2) is 58.4 Å². The molecule has 0 radical (unpaired) electrons. The van der Waals surface area contributed by atoms with E-state index >= 15 is 0 Å². The molecule has 1 aliphatic rings. The van der Waals surface area contributed by atoms with E-state index < -0.39 is 5.97 Å². The van der Waals surface area contributed by atoms with Crippen molar-refractivity contribution in [2.24, 2.45) is 0 Å². The third-order valence-corrected chi connectivity index (χ3v) is 5.72. The van der Waals surface area contributed by atoms with Crippen LogP contribution in [0.2, 0.25) is 0 Å². The van der Waals surface area contributed by atoms with E-state index in [1.54, 1.807) is 16.2 Å². The lowest BCUT2D eigenvalue weighted by Gasteiger charge is -2.34. The van der Waals surface area contributed by atoms with Gasteiger partial charge >= 0.3 is 5.97 Å². The number of rotatable bonds is 5. The van der Waals surface area contributed by atoms with Gasteiger partial charge in [0.2, 0.25) is 5.91 Å². The van der Waals surface area contributed by atoms with E-state index in [1.165, 1.54) is 11.8 Å². The molecule has 1 aromatic heterocycles. The molecule has 0 saturated carbocycles. The van der Waals surface area contributed by atoms with Crippen LogP contribution >= 0.6 is 23.1 Å². The summed E-state index contributed by atoms with van der Waals surface area (Å²) in [5.41, 5.74) is 0.933. The quantitative estimate of drug-likeness (QED) is 0.830. The molecule has 6 nitrogen and oxygen atoms in total. The van der Waals surface area contributed by atoms with Crippen molar-refractivity contribution < 1.29 is 19.4 Å². The number of benzene rings is 1. The summed E-state index contributed by atoms with van der Waals surface area (Å²) in [5, 5.41) is 8.95. The minimum absolute atomic E-state index is 0.0659. The zero-order valence-corrected chi connectivity index (χ0v) is 13.9. The lowest BCUT2D eigenvalue weighted by atomic mass is 10.1. The Hall–Kier alpha value is -1.64. The Morgan fingerprint density at radius 1 is 1.43 bits per heavy atom. The number of aromatic nitrogens is 1. The molecule has 23 heavy (non-hydrogen) atoms. The SMILES string of the molecule is O=C(O)CC1COCCN1C(=O)CSc1nc2ccccc2s1. The zero-order valence-electron chi connectivity index (χ0n) is 12.3. The smallest absolute Gasteiger partial charge is 0.305 e. The molecule has 1 aromatic carbocycles. The van der Waals surface area contributed by atoms with Gasteiger partial charge in [-0.1, -0.05) is 23.9 Å². The molecule has 0 bridgehead atoms. The van der Waals surface area contributed by atoms with E-state index in [4.69, 9.17) is 9.84 Å². The second-order valence-corrected chi connectivity index (χ2v) is 7.40. The van der Waals surface area contributed by atoms with E-state index in [1.807, 2.05) is 24.3 Å². The van der Waals surface area contributed by atoms with Crippen LogP contribution in [0.15, 0.2) is 28.6 Å². The number of morpholine rings is 1. The van der Waals surface area contributed by atoms with Crippen molar-refractivity contribution in [1.29, 1.82) is 0 Å². The molecule has 2 heterocycles. The number of aliphatic carboxylic acids is 1. The standard InChI is InChI=1S/C15H16N2O4S2/c18-13(17-5-6-21-8-10(17)7-14(19)20)9-22-15-16-11-3-1-2-4-12(11)23-15/h1-4,10H,5-9H2,(H,19,20). The average Bonchev–Trinajstić information content (AvgIpc) is 2.95. The zero-order chi connectivity index (χ0) is 16.2. The van der Waals surface area contributed by atoms with Crippen LogP contribution in [0.1, 0.15) is 6.42 Å². The normalized spacial score (nSPS) is 18.3. The molecular formula is C15H16N2O4S2. The fourth-order valence-corrected chi connectivity index (χ4v) is 4.43. The van der Waals surface area contributed by atoms with Crippen LogP contribution in [0.5, 0.6) is 0 Å². The topological polar surface area (TPSA) is 79.7 Å². The van der Waals surface area contributed by atoms with Gasteiger partial charge in [0.1, 0.15) is 0 Å². The number of carboxylic acids is 1. The van der Waals surface area contributed by atoms with Crippen LogP contribution in [0.4, 0.5) is 0 Å². The van der Waals surface area contributed by atoms with E-state index in [2.05, 4.69) is 4.98 Å². The van der Waals surface area contributed by atoms with Crippen molar-refractivity contribution in [3.63, 3.8) is 0 Å². The molecule has 2 aromatic rings. The fourth-order valence-electron chi connectivity index (χ4n) is 2.47. The number of para-hydroxylation sites is 1. The highest BCUT2D eigenvalue weighted by Gasteiger charge is 2.29. The summed E-state index contributed by atoms with van der Waals surface area (Å²) in [6, 6.07) is 7.47. The molecule has 3 rings (SSSR count). The van der Waals surface area contributed by atoms with Gasteiger partial charge in [-0.3, -0.25) is 9.59 Å². The van der Waals surface area contributed by atoms with Crippen LogP contribution in [-0.2, 0) is 14.3 Å². The van der Waals surface area contributed by atoms with Crippen molar-refractivity contribution >= 4 is 45.2 Å². The van der Waals surface area contributed by atoms with E-state index in [-0.39, 0.29) is 30.7 Å². The van der Waals surface area contributed by atoms with Gasteiger partial charge in [-0.15, -0.1) is 11.3 Å². The van der Waals surface area contributed by atoms with Gasteiger partial charge in [0, 0.05) is 6.54 Å². The first-order chi connectivity index (χ1) is 11.1. The highest BCUT2D eigenvalue weighted by atomic mass is 32.2. The molecule has 8 heteroatoms. The first-order valence-electron chi connectivity index (χ1n) is 7.21. The Kier molecular flexibility index (Phi) is 5.14. The van der Waals surface area contributed by atoms with Gasteiger partial charge in [0.25, 0.3) is 0 Å². The Morgan fingerprint density at radius 2 is 2.26 bits per heavy atom. The van der Waals surface area contributed by atoms with Gasteiger partial charge in [-0.25, -0.2) is 4.98 Å². The van der Waals surface area contributed by atoms with Crippen LogP contribution in [0.25, 0.3) is 10.2 Å². The van der Waals surface area contributed by atoms with Crippen LogP contribution < -0.4 is 0 Å². The number of nitrogens with zero attached hydrogens (tertiary/aromatic N) is 2. The van der Waals surface area contributed by atoms with Crippen molar-refractivity contribution in [2.45, 2.75) is 16.8 Å². The number of carboxylic acid groups (broad SMARTS) is 1. The van der Waals surface area contributed by atoms with E-state index in [0.717, 1.165) is 14.6 Å². The molecular weight excluding hydrogens is 336 g/mol. The van der Waals surface area contributed by atoms with Crippen molar-refractivity contribution in [1.82, 2.24) is 9.88 Å². The number of amides is 1. The maximum absolute atomic E-state index is 12.4. The number of thiazole rings is 1. The third kappa shape index (κ3) is 4.01. The van der Waals surface area contributed by atoms with Gasteiger partial charge in [0.15, 0.2) is 4.34 Å². The maximum atomic E-state index is 12.4. The Bertz CT molecular complexity index is 685. The van der Waals surface area contributed by atoms with Crippen molar-refractivity contribution in [3.8, 4) is 0 Å². The first-order valence-corrected chi connectivity index (χ1v) is 9.01. The minimum atomic E-state index is -0.919. The van der Waals surface area contributed by atoms with E-state index in [9.17, 15) is 9.59 Å². The summed E-state index contributed by atoms with van der Waals surface area (Å²) >= 11 is 2.96. The number of carbonyl (C=O) groups is 2. The summed E-state index contributed by atoms with van der Waals surface area (Å²) in [5.74, 6) is -0.725. The highest BCUT2D eigenvalue weighted by molar-refractivity contribution is 8.01. The average molecular weight is 352 g/mol. The lowest BCUT2D eigenvalue weighted by molar-refractivity contribution is -0.144. The number of ether oxygens (including phenoxy) is 1. The number of carbonyl (C=O) groups excluding carboxylic acids is 1. The molecule has 1 saturated heterocycles. The monoisotopic (exact) mass is 352 g/mol. The Morgan fingerprint density at radius 3 is 3.04 bits per heavy atom. The summed E-state index contributed by atoms with van der Waals surface area (Å²) in [6.45, 7) is 1.18. The molecule has 122 valence electrons. The first kappa shape index (κ1) is 16.2. The molecule has 1 atom stereocenters. The Labute approximate surface area is 141 Å². The summed E-state index contributed by atoms with van der Waals surface area (Å²) in [6.07, 6.45) is -0.0858. The summed E-state index contributed by atoms with van der Waals surface area (Å²) in [4.78, 5) is 29.4. The maximum Gasteiger partial charge on any atom is 0.305 e. The van der Waals surface area contributed by atoms with E-state index in [0.29, 0.717) is 13.2 Å². The number of hydrogen-bond acceptors (Lipinski definition) is 6. The minimum Gasteiger partial charge on any atom is -0.481 e. The van der Waals surface area contributed by atoms with Crippen LogP contribution in [0, 0.1) is 0 Å². The largest absolute Gasteiger partial charge is 0.481 e. The second-order valence-electron chi connectivity index (χ2n) is 5.15. The molecule has 0 aliphatic carbocycles. The fraction of sp³-hybridized carbons (Fsp3) is 0.400. The van der Waals surface area contributed by atoms with Crippen LogP contribution in [0.3, 0.4) is 0 Å². The third-order valence-electron chi connectivity index (χ3n) is 3.55. The van der Waals surface area contributed by atoms with Crippen molar-refractivity contribution in [2.75, 3.05) is 25.5 Å². The molecule has 1 fully saturated rings. The summed E-state index contributed by atoms with van der Waals surface area (Å²) in [7, 11) is 0. The molecule has 1 amide bonds. The second kappa shape index (κ2) is 7.29. The van der Waals surface area contributed by atoms with Crippen molar-refractivity contribution in [3.05, 3.63) is 24.3 Å². The lowest BCUT2D eigenvalue weighted by Crippen LogP contribution is -2.50. The van der Waals surface area contributed by atoms with Gasteiger partial charge in [-0.05, 0) is 12.1 Å². The predicted octanol–water partition coefficient (Wildman–Crippen LogP) is 2.09. The van der Waals surface area contributed by atoms with Gasteiger partial charge in [0.05, 0.1) is 41.6 Å². The molecule has 1 N–H and O–H groups in total. The van der Waals surface area contributed by atoms with Gasteiger partial charge in [-0.2, -0.15) is 0 Å². The number of thioether (sulfide) groups is 1. The summed E-state index contributed by atoms with van der Waals surface area (Å²) < 4.78 is 7.24. The number of fused-ring (bicyclic) bond motifs is 1. The molecule has 1 unspecified atom stereocenters. The molecule has 1 aliphatic heterocycles. The predicted molar refractivity (Wildman–Crippen MR) is 88.9 cm³/mol.